The first-order valence-corrected chi connectivity index (χ1v) is 8.91. The molecule has 0 radical (unpaired) electrons. The maximum absolute atomic E-state index is 13.7. The van der Waals surface area contributed by atoms with Crippen molar-refractivity contribution < 1.29 is 9.18 Å². The Labute approximate surface area is 162 Å². The Morgan fingerprint density at radius 2 is 1.96 bits per heavy atom. The number of halogens is 2. The Kier molecular flexibility index (Phi) is 6.04. The number of nitrogens with one attached hydrogen (secondary N) is 2. The van der Waals surface area contributed by atoms with E-state index >= 15 is 0 Å². The van der Waals surface area contributed by atoms with Crippen molar-refractivity contribution in [2.75, 3.05) is 17.2 Å². The zero-order valence-electron chi connectivity index (χ0n) is 14.8. The van der Waals surface area contributed by atoms with Gasteiger partial charge in [-0.3, -0.25) is 9.78 Å². The SMILES string of the molecule is Cc1c(Cl)cccc1NC(=O)c1cncc(NCCc2ccccc2F)c1. The number of pyridine rings is 1. The smallest absolute Gasteiger partial charge is 0.257 e. The number of hydrogen-bond donors (Lipinski definition) is 2. The molecule has 1 heterocycles. The fraction of sp³-hybridized carbons (Fsp3) is 0.143. The molecule has 3 rings (SSSR count). The fourth-order valence-corrected chi connectivity index (χ4v) is 2.82. The van der Waals surface area contributed by atoms with Crippen LogP contribution >= 0.6 is 11.6 Å². The number of rotatable bonds is 6. The number of benzene rings is 2. The van der Waals surface area contributed by atoms with Crippen molar-refractivity contribution in [3.63, 3.8) is 0 Å². The van der Waals surface area contributed by atoms with E-state index in [4.69, 9.17) is 11.6 Å². The summed E-state index contributed by atoms with van der Waals surface area (Å²) in [5.74, 6) is -0.493. The van der Waals surface area contributed by atoms with Crippen molar-refractivity contribution >= 4 is 28.9 Å². The Morgan fingerprint density at radius 1 is 1.15 bits per heavy atom. The van der Waals surface area contributed by atoms with E-state index in [-0.39, 0.29) is 11.7 Å². The fourth-order valence-electron chi connectivity index (χ4n) is 2.64. The highest BCUT2D eigenvalue weighted by Crippen LogP contribution is 2.23. The molecule has 4 nitrogen and oxygen atoms in total. The number of anilines is 2. The van der Waals surface area contributed by atoms with Gasteiger partial charge in [-0.15, -0.1) is 0 Å². The average molecular weight is 384 g/mol. The second kappa shape index (κ2) is 8.64. The largest absolute Gasteiger partial charge is 0.383 e. The summed E-state index contributed by atoms with van der Waals surface area (Å²) >= 11 is 6.09. The van der Waals surface area contributed by atoms with E-state index in [9.17, 15) is 9.18 Å². The normalized spacial score (nSPS) is 10.5. The molecule has 0 saturated carbocycles. The molecule has 0 aliphatic rings. The maximum Gasteiger partial charge on any atom is 0.257 e. The number of amides is 1. The molecule has 0 bridgehead atoms. The molecule has 0 spiro atoms. The second-order valence-electron chi connectivity index (χ2n) is 6.10. The van der Waals surface area contributed by atoms with Crippen LogP contribution in [-0.4, -0.2) is 17.4 Å². The molecule has 0 saturated heterocycles. The van der Waals surface area contributed by atoms with Crippen LogP contribution in [0.1, 0.15) is 21.5 Å². The van der Waals surface area contributed by atoms with Gasteiger partial charge in [-0.25, -0.2) is 4.39 Å². The summed E-state index contributed by atoms with van der Waals surface area (Å²) in [5.41, 5.74) is 3.22. The minimum Gasteiger partial charge on any atom is -0.383 e. The van der Waals surface area contributed by atoms with Gasteiger partial charge in [0.1, 0.15) is 5.82 Å². The van der Waals surface area contributed by atoms with Gasteiger partial charge in [-0.2, -0.15) is 0 Å². The van der Waals surface area contributed by atoms with Crippen molar-refractivity contribution in [2.45, 2.75) is 13.3 Å². The van der Waals surface area contributed by atoms with Crippen LogP contribution in [0.4, 0.5) is 15.8 Å². The quantitative estimate of drug-likeness (QED) is 0.623. The van der Waals surface area contributed by atoms with E-state index in [1.54, 1.807) is 42.6 Å². The molecular formula is C21H19ClFN3O. The Bertz CT molecular complexity index is 962. The maximum atomic E-state index is 13.7. The van der Waals surface area contributed by atoms with Gasteiger partial charge in [0.15, 0.2) is 0 Å². The van der Waals surface area contributed by atoms with E-state index in [1.165, 1.54) is 12.3 Å². The first-order chi connectivity index (χ1) is 13.0. The summed E-state index contributed by atoms with van der Waals surface area (Å²) in [6.45, 7) is 2.37. The van der Waals surface area contributed by atoms with Crippen LogP contribution in [0.2, 0.25) is 5.02 Å². The Hall–Kier alpha value is -2.92. The number of hydrogen-bond acceptors (Lipinski definition) is 3. The topological polar surface area (TPSA) is 54.0 Å². The molecule has 27 heavy (non-hydrogen) atoms. The van der Waals surface area contributed by atoms with E-state index in [1.807, 2.05) is 13.0 Å². The van der Waals surface area contributed by atoms with Gasteiger partial charge >= 0.3 is 0 Å². The highest BCUT2D eigenvalue weighted by Gasteiger charge is 2.10. The predicted molar refractivity (Wildman–Crippen MR) is 107 cm³/mol. The molecule has 3 aromatic rings. The summed E-state index contributed by atoms with van der Waals surface area (Å²) in [5, 5.41) is 6.61. The van der Waals surface area contributed by atoms with Crippen LogP contribution in [0, 0.1) is 12.7 Å². The highest BCUT2D eigenvalue weighted by molar-refractivity contribution is 6.31. The number of nitrogens with zero attached hydrogens (tertiary/aromatic N) is 1. The zero-order chi connectivity index (χ0) is 19.2. The summed E-state index contributed by atoms with van der Waals surface area (Å²) in [4.78, 5) is 16.6. The minimum atomic E-state index is -0.273. The first kappa shape index (κ1) is 18.9. The van der Waals surface area contributed by atoms with Crippen LogP contribution in [0.15, 0.2) is 60.9 Å². The molecule has 0 aliphatic carbocycles. The van der Waals surface area contributed by atoms with E-state index in [2.05, 4.69) is 15.6 Å². The van der Waals surface area contributed by atoms with Gasteiger partial charge in [0.25, 0.3) is 5.91 Å². The van der Waals surface area contributed by atoms with Gasteiger partial charge in [-0.1, -0.05) is 35.9 Å². The average Bonchev–Trinajstić information content (AvgIpc) is 2.67. The lowest BCUT2D eigenvalue weighted by Gasteiger charge is -2.11. The third-order valence-corrected chi connectivity index (χ3v) is 4.61. The summed E-state index contributed by atoms with van der Waals surface area (Å²) in [6.07, 6.45) is 3.66. The number of carbonyl (C=O) groups is 1. The zero-order valence-corrected chi connectivity index (χ0v) is 15.6. The van der Waals surface area contributed by atoms with Crippen LogP contribution in [-0.2, 0) is 6.42 Å². The predicted octanol–water partition coefficient (Wildman–Crippen LogP) is 5.09. The van der Waals surface area contributed by atoms with Crippen molar-refractivity contribution in [1.29, 1.82) is 0 Å². The molecule has 1 amide bonds. The van der Waals surface area contributed by atoms with Gasteiger partial charge in [0.2, 0.25) is 0 Å². The monoisotopic (exact) mass is 383 g/mol. The Balaban J connectivity index is 1.63. The molecule has 138 valence electrons. The number of aromatic nitrogens is 1. The van der Waals surface area contributed by atoms with Crippen LogP contribution < -0.4 is 10.6 Å². The molecule has 0 atom stereocenters. The molecule has 0 fully saturated rings. The lowest BCUT2D eigenvalue weighted by Crippen LogP contribution is -2.14. The minimum absolute atomic E-state index is 0.220. The molecule has 6 heteroatoms. The van der Waals surface area contributed by atoms with Crippen LogP contribution in [0.5, 0.6) is 0 Å². The lowest BCUT2D eigenvalue weighted by atomic mass is 10.1. The summed E-state index contributed by atoms with van der Waals surface area (Å²) < 4.78 is 13.7. The van der Waals surface area contributed by atoms with Crippen LogP contribution in [0.3, 0.4) is 0 Å². The van der Waals surface area contributed by atoms with Gasteiger partial charge < -0.3 is 10.6 Å². The second-order valence-corrected chi connectivity index (χ2v) is 6.50. The third-order valence-electron chi connectivity index (χ3n) is 4.20. The van der Waals surface area contributed by atoms with Crippen molar-refractivity contribution in [2.24, 2.45) is 0 Å². The highest BCUT2D eigenvalue weighted by atomic mass is 35.5. The third kappa shape index (κ3) is 4.83. The lowest BCUT2D eigenvalue weighted by molar-refractivity contribution is 0.102. The molecule has 2 aromatic carbocycles. The van der Waals surface area contributed by atoms with Gasteiger partial charge in [0, 0.05) is 29.6 Å². The van der Waals surface area contributed by atoms with Gasteiger partial charge in [0.05, 0.1) is 11.3 Å². The van der Waals surface area contributed by atoms with Crippen molar-refractivity contribution in [3.8, 4) is 0 Å². The number of carbonyl (C=O) groups excluding carboxylic acids is 1. The molecule has 2 N–H and O–H groups in total. The molecular weight excluding hydrogens is 365 g/mol. The summed E-state index contributed by atoms with van der Waals surface area (Å²) in [6, 6.07) is 13.7. The molecule has 0 unspecified atom stereocenters. The first-order valence-electron chi connectivity index (χ1n) is 8.53. The molecule has 1 aromatic heterocycles. The molecule has 0 aliphatic heterocycles. The Morgan fingerprint density at radius 3 is 2.78 bits per heavy atom. The van der Waals surface area contributed by atoms with E-state index in [0.717, 1.165) is 5.56 Å². The van der Waals surface area contributed by atoms with Gasteiger partial charge in [-0.05, 0) is 48.7 Å². The van der Waals surface area contributed by atoms with Crippen molar-refractivity contribution in [3.05, 3.63) is 88.5 Å². The van der Waals surface area contributed by atoms with E-state index in [0.29, 0.717) is 40.5 Å². The standard InChI is InChI=1S/C21H19ClFN3O/c1-14-18(22)6-4-8-20(14)26-21(27)16-11-17(13-24-12-16)25-10-9-15-5-2-3-7-19(15)23/h2-8,11-13,25H,9-10H2,1H3,(H,26,27). The summed E-state index contributed by atoms with van der Waals surface area (Å²) in [7, 11) is 0. The van der Waals surface area contributed by atoms with Crippen LogP contribution in [0.25, 0.3) is 0 Å². The van der Waals surface area contributed by atoms with Crippen molar-refractivity contribution in [1.82, 2.24) is 4.98 Å². The van der Waals surface area contributed by atoms with E-state index < -0.39 is 0 Å².